The van der Waals surface area contributed by atoms with Gasteiger partial charge in [0, 0.05) is 75.8 Å². The molecule has 3 heterocycles. The standard InChI is InChI=1S/C72H59BN2S/c1-69(2)51-29-17-18-30-52(51)70(3,4)56-39-47(35-36-55(56)69)74-63-42-58-57(71(5,6)53-31-19-20-32-54(53)72(58,7)8)41-59(63)73-60-43-67-50(49-28-16-22-34-66(49)76-67)40-62(60)75(61-33-21-15-27-48(61)45-25-13-10-14-26-45)65-38-46(37-64(74)68(65)73)44-23-11-9-12-24-44/h9-43H,1-8H3. The zero-order chi connectivity index (χ0) is 51.6. The predicted molar refractivity (Wildman–Crippen MR) is 326 cm³/mol. The molecule has 0 amide bonds. The summed E-state index contributed by atoms with van der Waals surface area (Å²) in [5.41, 5.74) is 26.4. The third kappa shape index (κ3) is 6.17. The van der Waals surface area contributed by atoms with E-state index in [-0.39, 0.29) is 28.4 Å². The predicted octanol–water partition coefficient (Wildman–Crippen LogP) is 17.4. The van der Waals surface area contributed by atoms with Crippen LogP contribution in [0.5, 0.6) is 0 Å². The fraction of sp³-hybridized carbons (Fsp3) is 0.167. The molecule has 0 atom stereocenters. The summed E-state index contributed by atoms with van der Waals surface area (Å²) < 4.78 is 2.63. The maximum absolute atomic E-state index is 2.69. The van der Waals surface area contributed by atoms with Crippen LogP contribution in [-0.4, -0.2) is 6.71 Å². The molecule has 0 bridgehead atoms. The summed E-state index contributed by atoms with van der Waals surface area (Å²) in [6, 6.07) is 81.5. The molecule has 0 radical (unpaired) electrons. The van der Waals surface area contributed by atoms with Gasteiger partial charge in [0.05, 0.1) is 5.69 Å². The molecule has 76 heavy (non-hydrogen) atoms. The second-order valence-corrected chi connectivity index (χ2v) is 25.1. The lowest BCUT2D eigenvalue weighted by atomic mass is 9.33. The average Bonchev–Trinajstić information content (AvgIpc) is 3.97. The lowest BCUT2D eigenvalue weighted by Gasteiger charge is -2.48. The van der Waals surface area contributed by atoms with Crippen LogP contribution >= 0.6 is 11.3 Å². The molecular formula is C72H59BN2S. The highest BCUT2D eigenvalue weighted by molar-refractivity contribution is 7.26. The Labute approximate surface area is 452 Å². The first-order chi connectivity index (χ1) is 36.7. The van der Waals surface area contributed by atoms with E-state index in [1.165, 1.54) is 137 Å². The molecule has 0 saturated heterocycles. The first-order valence-corrected chi connectivity index (χ1v) is 28.0. The van der Waals surface area contributed by atoms with Crippen molar-refractivity contribution in [1.82, 2.24) is 0 Å². The Balaban J connectivity index is 1.10. The van der Waals surface area contributed by atoms with Gasteiger partial charge in [0.15, 0.2) is 0 Å². The van der Waals surface area contributed by atoms with E-state index in [9.17, 15) is 0 Å². The number of para-hydroxylation sites is 1. The van der Waals surface area contributed by atoms with Crippen molar-refractivity contribution in [2.45, 2.75) is 77.0 Å². The van der Waals surface area contributed by atoms with E-state index in [2.05, 4.69) is 278 Å². The van der Waals surface area contributed by atoms with Crippen molar-refractivity contribution in [3.8, 4) is 22.3 Å². The molecule has 0 unspecified atom stereocenters. The average molecular weight is 995 g/mol. The largest absolute Gasteiger partial charge is 0.311 e. The summed E-state index contributed by atoms with van der Waals surface area (Å²) in [6.07, 6.45) is 0. The highest BCUT2D eigenvalue weighted by atomic mass is 32.1. The van der Waals surface area contributed by atoms with Gasteiger partial charge in [0.2, 0.25) is 0 Å². The van der Waals surface area contributed by atoms with Crippen LogP contribution in [0.3, 0.4) is 0 Å². The van der Waals surface area contributed by atoms with Crippen LogP contribution in [0.15, 0.2) is 212 Å². The molecule has 4 heteroatoms. The Morgan fingerprint density at radius 1 is 0.316 bits per heavy atom. The lowest BCUT2D eigenvalue weighted by molar-refractivity contribution is 0.520. The van der Waals surface area contributed by atoms with Gasteiger partial charge in [0.1, 0.15) is 0 Å². The second kappa shape index (κ2) is 15.8. The Hall–Kier alpha value is -7.92. The van der Waals surface area contributed by atoms with E-state index in [0.29, 0.717) is 0 Å². The molecule has 0 fully saturated rings. The number of fused-ring (bicyclic) bond motifs is 11. The third-order valence-electron chi connectivity index (χ3n) is 18.5. The maximum Gasteiger partial charge on any atom is 0.252 e. The highest BCUT2D eigenvalue weighted by Crippen LogP contribution is 2.56. The molecule has 15 rings (SSSR count). The summed E-state index contributed by atoms with van der Waals surface area (Å²) in [5.74, 6) is 0. The van der Waals surface area contributed by atoms with Crippen molar-refractivity contribution in [1.29, 1.82) is 0 Å². The zero-order valence-corrected chi connectivity index (χ0v) is 45.4. The number of hydrogen-bond acceptors (Lipinski definition) is 3. The SMILES string of the molecule is CC1(C)c2ccccc2C(C)(C)c2cc(N3c4cc5c(cc4B4c6cc7sc8ccccc8c7cc6N(c6ccccc6-c6ccccc6)c6cc(-c7ccccc7)cc3c64)C(C)(C)c3ccccc3C5(C)C)ccc21. The van der Waals surface area contributed by atoms with Crippen molar-refractivity contribution < 1.29 is 0 Å². The fourth-order valence-corrected chi connectivity index (χ4v) is 15.8. The topological polar surface area (TPSA) is 6.48 Å². The molecule has 0 saturated carbocycles. The molecule has 2 aliphatic heterocycles. The molecule has 11 aromatic rings. The molecule has 0 spiro atoms. The first-order valence-electron chi connectivity index (χ1n) is 27.2. The van der Waals surface area contributed by atoms with Crippen LogP contribution < -0.4 is 26.2 Å². The van der Waals surface area contributed by atoms with E-state index >= 15 is 0 Å². The molecular weight excluding hydrogens is 936 g/mol. The van der Waals surface area contributed by atoms with Crippen LogP contribution in [-0.2, 0) is 21.7 Å². The smallest absolute Gasteiger partial charge is 0.252 e. The van der Waals surface area contributed by atoms with Crippen molar-refractivity contribution in [2.24, 2.45) is 0 Å². The number of hydrogen-bond donors (Lipinski definition) is 0. The molecule has 4 aliphatic rings. The zero-order valence-electron chi connectivity index (χ0n) is 44.6. The summed E-state index contributed by atoms with van der Waals surface area (Å²) in [5, 5.41) is 2.60. The van der Waals surface area contributed by atoms with E-state index in [4.69, 9.17) is 0 Å². The van der Waals surface area contributed by atoms with Gasteiger partial charge >= 0.3 is 0 Å². The fourth-order valence-electron chi connectivity index (χ4n) is 14.6. The summed E-state index contributed by atoms with van der Waals surface area (Å²) >= 11 is 1.92. The minimum Gasteiger partial charge on any atom is -0.311 e. The van der Waals surface area contributed by atoms with Gasteiger partial charge in [-0.05, 0) is 132 Å². The van der Waals surface area contributed by atoms with Gasteiger partial charge in [-0.2, -0.15) is 0 Å². The van der Waals surface area contributed by atoms with Crippen LogP contribution in [0.2, 0.25) is 0 Å². The molecule has 2 nitrogen and oxygen atoms in total. The van der Waals surface area contributed by atoms with Crippen LogP contribution in [0, 0.1) is 0 Å². The van der Waals surface area contributed by atoms with Crippen LogP contribution in [0.4, 0.5) is 34.1 Å². The molecule has 2 aliphatic carbocycles. The van der Waals surface area contributed by atoms with Gasteiger partial charge in [-0.3, -0.25) is 0 Å². The maximum atomic E-state index is 2.69. The second-order valence-electron chi connectivity index (χ2n) is 24.1. The van der Waals surface area contributed by atoms with Crippen LogP contribution in [0.25, 0.3) is 42.4 Å². The van der Waals surface area contributed by atoms with E-state index in [0.717, 1.165) is 0 Å². The lowest BCUT2D eigenvalue weighted by Crippen LogP contribution is -2.62. The van der Waals surface area contributed by atoms with E-state index in [1.807, 2.05) is 11.3 Å². The van der Waals surface area contributed by atoms with E-state index in [1.54, 1.807) is 0 Å². The van der Waals surface area contributed by atoms with Gasteiger partial charge in [0.25, 0.3) is 6.71 Å². The van der Waals surface area contributed by atoms with Crippen LogP contribution in [0.1, 0.15) is 99.9 Å². The van der Waals surface area contributed by atoms with Gasteiger partial charge < -0.3 is 9.80 Å². The van der Waals surface area contributed by atoms with Crippen molar-refractivity contribution in [2.75, 3.05) is 9.80 Å². The summed E-state index contributed by atoms with van der Waals surface area (Å²) in [4.78, 5) is 5.33. The highest BCUT2D eigenvalue weighted by Gasteiger charge is 2.49. The van der Waals surface area contributed by atoms with E-state index < -0.39 is 0 Å². The van der Waals surface area contributed by atoms with Gasteiger partial charge in [-0.1, -0.05) is 213 Å². The Morgan fingerprint density at radius 2 is 0.803 bits per heavy atom. The number of thiophene rings is 1. The Morgan fingerprint density at radius 3 is 1.46 bits per heavy atom. The summed E-state index contributed by atoms with van der Waals surface area (Å²) in [6.45, 7) is 19.5. The van der Waals surface area contributed by atoms with Gasteiger partial charge in [-0.25, -0.2) is 0 Å². The quantitative estimate of drug-likeness (QED) is 0.162. The normalized spacial score (nSPS) is 16.5. The number of anilines is 6. The minimum absolute atomic E-state index is 0.0768. The number of nitrogens with zero attached hydrogens (tertiary/aromatic N) is 2. The van der Waals surface area contributed by atoms with Crippen molar-refractivity contribution >= 4 is 88.7 Å². The summed E-state index contributed by atoms with van der Waals surface area (Å²) in [7, 11) is 0. The Kier molecular flexibility index (Phi) is 9.47. The molecule has 1 aromatic heterocycles. The number of rotatable bonds is 4. The first kappa shape index (κ1) is 45.5. The minimum atomic E-state index is -0.253. The molecule has 366 valence electrons. The van der Waals surface area contributed by atoms with Gasteiger partial charge in [-0.15, -0.1) is 11.3 Å². The number of benzene rings is 10. The van der Waals surface area contributed by atoms with Crippen molar-refractivity contribution in [3.05, 3.63) is 257 Å². The molecule has 10 aromatic carbocycles. The monoisotopic (exact) mass is 994 g/mol. The third-order valence-corrected chi connectivity index (χ3v) is 19.7. The Bertz CT molecular complexity index is 4250. The van der Waals surface area contributed by atoms with Crippen molar-refractivity contribution in [3.63, 3.8) is 0 Å². The molecule has 0 N–H and O–H groups in total.